The number of thioether (sulfide) groups is 1. The van der Waals surface area contributed by atoms with E-state index >= 15 is 0 Å². The zero-order valence-electron chi connectivity index (χ0n) is 18.9. The van der Waals surface area contributed by atoms with Crippen LogP contribution >= 0.6 is 11.8 Å². The Morgan fingerprint density at radius 3 is 2.27 bits per heavy atom. The van der Waals surface area contributed by atoms with Crippen molar-refractivity contribution in [2.45, 2.75) is 18.9 Å². The molecule has 33 heavy (non-hydrogen) atoms. The molecule has 11 nitrogen and oxygen atoms in total. The maximum absolute atomic E-state index is 12.1. The van der Waals surface area contributed by atoms with E-state index < -0.39 is 33.5 Å². The molecule has 0 atom stereocenters. The molecular formula is C20H30O11SSi. The van der Waals surface area contributed by atoms with Gasteiger partial charge in [-0.05, 0) is 30.4 Å². The standard InChI is InChI=1S/C20H30O11SSi/c1-26-33(27-2,28-3)12-4-10-32-11-7-18(22)29-8-9-30-20(25)15-5-6-17(31-14-21)16(13-15)19(23)24/h5-6,13,21H,4,7-12,14H2,1-3H3,(H,23,24). The highest BCUT2D eigenvalue weighted by Gasteiger charge is 2.36. The number of esters is 2. The van der Waals surface area contributed by atoms with Crippen molar-refractivity contribution in [3.05, 3.63) is 29.3 Å². The third-order valence-electron chi connectivity index (χ3n) is 4.40. The number of rotatable bonds is 17. The quantitative estimate of drug-likeness (QED) is 0.137. The molecule has 0 saturated carbocycles. The largest absolute Gasteiger partial charge is 0.500 e. The van der Waals surface area contributed by atoms with Crippen LogP contribution in [0, 0.1) is 0 Å². The molecule has 1 aromatic rings. The molecule has 1 aromatic carbocycles. The second-order valence-electron chi connectivity index (χ2n) is 6.41. The third-order valence-corrected chi connectivity index (χ3v) is 8.30. The minimum Gasteiger partial charge on any atom is -0.478 e. The molecule has 0 radical (unpaired) electrons. The van der Waals surface area contributed by atoms with Crippen molar-refractivity contribution in [3.8, 4) is 5.75 Å². The van der Waals surface area contributed by atoms with Crippen LogP contribution in [0.25, 0.3) is 0 Å². The van der Waals surface area contributed by atoms with Gasteiger partial charge >= 0.3 is 26.7 Å². The van der Waals surface area contributed by atoms with Crippen LogP contribution in [0.3, 0.4) is 0 Å². The van der Waals surface area contributed by atoms with Crippen molar-refractivity contribution in [1.82, 2.24) is 0 Å². The van der Waals surface area contributed by atoms with Gasteiger partial charge < -0.3 is 37.7 Å². The van der Waals surface area contributed by atoms with Crippen LogP contribution in [0.15, 0.2) is 18.2 Å². The molecular weight excluding hydrogens is 476 g/mol. The molecule has 1 rings (SSSR count). The van der Waals surface area contributed by atoms with E-state index in [9.17, 15) is 19.5 Å². The molecule has 13 heteroatoms. The fourth-order valence-electron chi connectivity index (χ4n) is 2.67. The van der Waals surface area contributed by atoms with Gasteiger partial charge in [-0.1, -0.05) is 0 Å². The predicted octanol–water partition coefficient (Wildman–Crippen LogP) is 1.80. The van der Waals surface area contributed by atoms with Gasteiger partial charge in [0.05, 0.1) is 12.0 Å². The summed E-state index contributed by atoms with van der Waals surface area (Å²) in [5.74, 6) is -1.19. The number of aromatic carboxylic acids is 1. The summed E-state index contributed by atoms with van der Waals surface area (Å²) in [4.78, 5) is 35.1. The first kappa shape index (κ1) is 28.9. The summed E-state index contributed by atoms with van der Waals surface area (Å²) in [6.45, 7) is -0.991. The number of hydrogen-bond acceptors (Lipinski definition) is 11. The Kier molecular flexibility index (Phi) is 13.7. The Hall–Kier alpha value is -2.16. The van der Waals surface area contributed by atoms with Crippen LogP contribution in [0.4, 0.5) is 0 Å². The maximum atomic E-state index is 12.1. The van der Waals surface area contributed by atoms with Gasteiger partial charge in [0.25, 0.3) is 0 Å². The maximum Gasteiger partial charge on any atom is 0.500 e. The van der Waals surface area contributed by atoms with Gasteiger partial charge in [-0.25, -0.2) is 9.59 Å². The molecule has 0 aromatic heterocycles. The predicted molar refractivity (Wildman–Crippen MR) is 121 cm³/mol. The lowest BCUT2D eigenvalue weighted by atomic mass is 10.1. The lowest BCUT2D eigenvalue weighted by Crippen LogP contribution is -2.42. The van der Waals surface area contributed by atoms with E-state index in [1.165, 1.54) is 12.1 Å². The highest BCUT2D eigenvalue weighted by Crippen LogP contribution is 2.21. The molecule has 0 aliphatic rings. The molecule has 0 saturated heterocycles. The van der Waals surface area contributed by atoms with E-state index in [2.05, 4.69) is 0 Å². The molecule has 0 amide bonds. The summed E-state index contributed by atoms with van der Waals surface area (Å²) in [5, 5.41) is 18.0. The fourth-order valence-corrected chi connectivity index (χ4v) is 5.51. The molecule has 0 fully saturated rings. The second-order valence-corrected chi connectivity index (χ2v) is 10.7. The summed E-state index contributed by atoms with van der Waals surface area (Å²) < 4.78 is 30.9. The minimum absolute atomic E-state index is 0.0112. The zero-order valence-corrected chi connectivity index (χ0v) is 20.7. The van der Waals surface area contributed by atoms with E-state index in [1.54, 1.807) is 33.1 Å². The monoisotopic (exact) mass is 506 g/mol. The lowest BCUT2D eigenvalue weighted by Gasteiger charge is -2.24. The van der Waals surface area contributed by atoms with E-state index in [-0.39, 0.29) is 36.5 Å². The molecule has 0 heterocycles. The normalized spacial score (nSPS) is 11.2. The number of carbonyl (C=O) groups is 3. The number of carboxylic acids is 1. The van der Waals surface area contributed by atoms with Gasteiger partial charge in [-0.15, -0.1) is 0 Å². The Labute approximate surface area is 197 Å². The molecule has 0 aliphatic heterocycles. The van der Waals surface area contributed by atoms with Crippen molar-refractivity contribution in [1.29, 1.82) is 0 Å². The van der Waals surface area contributed by atoms with Crippen molar-refractivity contribution in [2.24, 2.45) is 0 Å². The van der Waals surface area contributed by atoms with E-state index in [0.717, 1.165) is 18.2 Å². The average Bonchev–Trinajstić information content (AvgIpc) is 2.82. The van der Waals surface area contributed by atoms with E-state index in [4.69, 9.17) is 32.6 Å². The number of carboxylic acid groups (broad SMARTS) is 1. The minimum atomic E-state index is -2.56. The van der Waals surface area contributed by atoms with Crippen LogP contribution in [0.1, 0.15) is 33.6 Å². The molecule has 186 valence electrons. The van der Waals surface area contributed by atoms with Gasteiger partial charge in [0, 0.05) is 33.1 Å². The first-order valence-corrected chi connectivity index (χ1v) is 13.1. The summed E-state index contributed by atoms with van der Waals surface area (Å²) in [7, 11) is 2.14. The lowest BCUT2D eigenvalue weighted by molar-refractivity contribution is -0.144. The Bertz CT molecular complexity index is 762. The summed E-state index contributed by atoms with van der Waals surface area (Å²) in [6, 6.07) is 4.32. The van der Waals surface area contributed by atoms with E-state index in [1.807, 2.05) is 0 Å². The van der Waals surface area contributed by atoms with Crippen LogP contribution in [-0.2, 0) is 27.5 Å². The molecule has 0 spiro atoms. The smallest absolute Gasteiger partial charge is 0.478 e. The first-order valence-electron chi connectivity index (χ1n) is 9.99. The van der Waals surface area contributed by atoms with Crippen LogP contribution in [0.5, 0.6) is 5.75 Å². The number of aliphatic hydroxyl groups is 1. The van der Waals surface area contributed by atoms with Crippen LogP contribution in [-0.4, -0.2) is 89.8 Å². The SMILES string of the molecule is CO[Si](CCCSCCC(=O)OCCOC(=O)c1ccc(OCO)c(C(=O)O)c1)(OC)OC. The van der Waals surface area contributed by atoms with Crippen molar-refractivity contribution >= 4 is 38.5 Å². The van der Waals surface area contributed by atoms with E-state index in [0.29, 0.717) is 11.8 Å². The molecule has 2 N–H and O–H groups in total. The molecule has 0 unspecified atom stereocenters. The number of benzene rings is 1. The first-order chi connectivity index (χ1) is 15.8. The van der Waals surface area contributed by atoms with Crippen molar-refractivity contribution in [2.75, 3.05) is 52.8 Å². The number of ether oxygens (including phenoxy) is 3. The molecule has 0 aliphatic carbocycles. The van der Waals surface area contributed by atoms with Crippen LogP contribution < -0.4 is 4.74 Å². The van der Waals surface area contributed by atoms with Gasteiger partial charge in [-0.3, -0.25) is 4.79 Å². The summed E-state index contributed by atoms with van der Waals surface area (Å²) in [6.07, 6.45) is 1.04. The van der Waals surface area contributed by atoms with Gasteiger partial charge in [0.1, 0.15) is 24.5 Å². The number of hydrogen-bond donors (Lipinski definition) is 2. The summed E-state index contributed by atoms with van der Waals surface area (Å²) in [5.41, 5.74) is -0.301. The van der Waals surface area contributed by atoms with Gasteiger partial charge in [-0.2, -0.15) is 11.8 Å². The highest BCUT2D eigenvalue weighted by molar-refractivity contribution is 7.99. The average molecular weight is 507 g/mol. The molecule has 0 bridgehead atoms. The van der Waals surface area contributed by atoms with Crippen molar-refractivity contribution < 1.29 is 52.1 Å². The Morgan fingerprint density at radius 1 is 1.00 bits per heavy atom. The van der Waals surface area contributed by atoms with Crippen LogP contribution in [0.2, 0.25) is 6.04 Å². The fraction of sp³-hybridized carbons (Fsp3) is 0.550. The zero-order chi connectivity index (χ0) is 24.7. The third kappa shape index (κ3) is 10.1. The Morgan fingerprint density at radius 2 is 1.67 bits per heavy atom. The topological polar surface area (TPSA) is 147 Å². The second kappa shape index (κ2) is 15.6. The number of carbonyl (C=O) groups excluding carboxylic acids is 2. The van der Waals surface area contributed by atoms with Crippen molar-refractivity contribution in [3.63, 3.8) is 0 Å². The van der Waals surface area contributed by atoms with Gasteiger partial charge in [0.2, 0.25) is 0 Å². The Balaban J connectivity index is 2.26. The summed E-state index contributed by atoms with van der Waals surface area (Å²) >= 11 is 1.60. The van der Waals surface area contributed by atoms with Gasteiger partial charge in [0.15, 0.2) is 6.79 Å². The highest BCUT2D eigenvalue weighted by atomic mass is 32.2. The number of aliphatic hydroxyl groups excluding tert-OH is 1.